The van der Waals surface area contributed by atoms with E-state index in [1.54, 1.807) is 0 Å². The Balaban J connectivity index is 1.42. The number of hydrogen-bond donors (Lipinski definition) is 2. The zero-order valence-corrected chi connectivity index (χ0v) is 14.2. The van der Waals surface area contributed by atoms with Gasteiger partial charge in [-0.05, 0) is 52.0 Å². The molecule has 0 aromatic heterocycles. The summed E-state index contributed by atoms with van der Waals surface area (Å²) >= 11 is 0. The molecule has 3 saturated heterocycles. The molecule has 2 atom stereocenters. The molecule has 0 bridgehead atoms. The molecule has 130 valence electrons. The zero-order valence-electron chi connectivity index (χ0n) is 14.2. The van der Waals surface area contributed by atoms with E-state index in [2.05, 4.69) is 17.6 Å². The minimum Gasteiger partial charge on any atom is -0.353 e. The minimum atomic E-state index is 0.0721. The van der Waals surface area contributed by atoms with Crippen molar-refractivity contribution < 1.29 is 9.59 Å². The first-order chi connectivity index (χ1) is 11.1. The third-order valence-corrected chi connectivity index (χ3v) is 5.48. The number of likely N-dealkylation sites (tertiary alicyclic amines) is 2. The van der Waals surface area contributed by atoms with Gasteiger partial charge in [-0.15, -0.1) is 0 Å². The van der Waals surface area contributed by atoms with Gasteiger partial charge in [-0.3, -0.25) is 4.79 Å². The van der Waals surface area contributed by atoms with Gasteiger partial charge in [0.2, 0.25) is 5.91 Å². The highest BCUT2D eigenvalue weighted by Crippen LogP contribution is 2.21. The molecule has 6 nitrogen and oxygen atoms in total. The lowest BCUT2D eigenvalue weighted by Gasteiger charge is -2.35. The predicted octanol–water partition coefficient (Wildman–Crippen LogP) is 1.17. The van der Waals surface area contributed by atoms with Gasteiger partial charge in [0, 0.05) is 44.2 Å². The highest BCUT2D eigenvalue weighted by molar-refractivity contribution is 5.80. The standard InChI is InChI=1S/C17H30N4O2/c1-13-12-15(4-7-18-13)19-16(22)14-5-10-21(11-6-14)17(23)20-8-2-3-9-20/h13-15,18H,2-12H2,1H3,(H,19,22). The van der Waals surface area contributed by atoms with Crippen LogP contribution in [0.15, 0.2) is 0 Å². The summed E-state index contributed by atoms with van der Waals surface area (Å²) in [4.78, 5) is 28.7. The molecule has 3 fully saturated rings. The maximum Gasteiger partial charge on any atom is 0.319 e. The van der Waals surface area contributed by atoms with Crippen LogP contribution in [0.3, 0.4) is 0 Å². The van der Waals surface area contributed by atoms with E-state index in [1.165, 1.54) is 0 Å². The first-order valence-electron chi connectivity index (χ1n) is 9.21. The molecule has 3 amide bonds. The molecule has 0 saturated carbocycles. The summed E-state index contributed by atoms with van der Waals surface area (Å²) in [5.74, 6) is 0.264. The van der Waals surface area contributed by atoms with Crippen LogP contribution in [0, 0.1) is 5.92 Å². The Morgan fingerprint density at radius 1 is 1.00 bits per heavy atom. The van der Waals surface area contributed by atoms with Crippen molar-refractivity contribution >= 4 is 11.9 Å². The van der Waals surface area contributed by atoms with E-state index in [1.807, 2.05) is 9.80 Å². The quantitative estimate of drug-likeness (QED) is 0.802. The highest BCUT2D eigenvalue weighted by atomic mass is 16.2. The van der Waals surface area contributed by atoms with E-state index >= 15 is 0 Å². The monoisotopic (exact) mass is 322 g/mol. The Morgan fingerprint density at radius 3 is 2.30 bits per heavy atom. The van der Waals surface area contributed by atoms with Crippen molar-refractivity contribution in [2.45, 2.75) is 57.5 Å². The SMILES string of the molecule is CC1CC(NC(=O)C2CCN(C(=O)N3CCCC3)CC2)CCN1. The summed E-state index contributed by atoms with van der Waals surface area (Å²) in [5.41, 5.74) is 0. The van der Waals surface area contributed by atoms with Gasteiger partial charge in [0.25, 0.3) is 0 Å². The van der Waals surface area contributed by atoms with Gasteiger partial charge in [0.15, 0.2) is 0 Å². The number of amides is 3. The van der Waals surface area contributed by atoms with Crippen molar-refractivity contribution in [3.05, 3.63) is 0 Å². The van der Waals surface area contributed by atoms with Crippen LogP contribution in [0.1, 0.15) is 45.4 Å². The van der Waals surface area contributed by atoms with Crippen molar-refractivity contribution in [1.82, 2.24) is 20.4 Å². The van der Waals surface area contributed by atoms with Gasteiger partial charge in [0.1, 0.15) is 0 Å². The second-order valence-electron chi connectivity index (χ2n) is 7.32. The molecule has 3 aliphatic heterocycles. The van der Waals surface area contributed by atoms with Crippen LogP contribution in [-0.4, -0.2) is 66.5 Å². The van der Waals surface area contributed by atoms with Crippen molar-refractivity contribution in [1.29, 1.82) is 0 Å². The number of carbonyl (C=O) groups excluding carboxylic acids is 2. The minimum absolute atomic E-state index is 0.0721. The Bertz CT molecular complexity index is 428. The van der Waals surface area contributed by atoms with Crippen LogP contribution in [-0.2, 0) is 4.79 Å². The molecule has 6 heteroatoms. The van der Waals surface area contributed by atoms with Gasteiger partial charge in [-0.1, -0.05) is 0 Å². The lowest BCUT2D eigenvalue weighted by atomic mass is 9.94. The fourth-order valence-corrected chi connectivity index (χ4v) is 4.02. The molecule has 2 unspecified atom stereocenters. The van der Waals surface area contributed by atoms with E-state index in [4.69, 9.17) is 0 Å². The molecule has 3 rings (SSSR count). The van der Waals surface area contributed by atoms with Crippen LogP contribution >= 0.6 is 0 Å². The van der Waals surface area contributed by atoms with Crippen LogP contribution in [0.4, 0.5) is 4.79 Å². The Labute approximate surface area is 139 Å². The molecule has 0 spiro atoms. The van der Waals surface area contributed by atoms with Crippen molar-refractivity contribution in [2.24, 2.45) is 5.92 Å². The number of carbonyl (C=O) groups is 2. The number of urea groups is 1. The molecule has 2 N–H and O–H groups in total. The molecule has 23 heavy (non-hydrogen) atoms. The third kappa shape index (κ3) is 4.16. The largest absolute Gasteiger partial charge is 0.353 e. The van der Waals surface area contributed by atoms with Crippen LogP contribution in [0.5, 0.6) is 0 Å². The molecule has 3 heterocycles. The first kappa shape index (κ1) is 16.6. The summed E-state index contributed by atoms with van der Waals surface area (Å²) in [6.45, 7) is 6.38. The average Bonchev–Trinajstić information content (AvgIpc) is 3.09. The topological polar surface area (TPSA) is 64.7 Å². The molecule has 0 aromatic rings. The van der Waals surface area contributed by atoms with Gasteiger partial charge < -0.3 is 20.4 Å². The predicted molar refractivity (Wildman–Crippen MR) is 89.1 cm³/mol. The molecule has 0 aromatic carbocycles. The molecule has 0 aliphatic carbocycles. The zero-order chi connectivity index (χ0) is 16.2. The fourth-order valence-electron chi connectivity index (χ4n) is 4.02. The van der Waals surface area contributed by atoms with Crippen LogP contribution in [0.2, 0.25) is 0 Å². The van der Waals surface area contributed by atoms with Crippen molar-refractivity contribution in [3.8, 4) is 0 Å². The van der Waals surface area contributed by atoms with Gasteiger partial charge >= 0.3 is 6.03 Å². The summed E-state index contributed by atoms with van der Waals surface area (Å²) in [5, 5.41) is 6.63. The lowest BCUT2D eigenvalue weighted by molar-refractivity contribution is -0.127. The van der Waals surface area contributed by atoms with E-state index in [0.29, 0.717) is 12.1 Å². The first-order valence-corrected chi connectivity index (χ1v) is 9.21. The number of nitrogens with zero attached hydrogens (tertiary/aromatic N) is 2. The Morgan fingerprint density at radius 2 is 1.65 bits per heavy atom. The summed E-state index contributed by atoms with van der Waals surface area (Å²) in [6.07, 6.45) is 5.87. The normalized spacial score (nSPS) is 29.6. The number of rotatable bonds is 2. The van der Waals surface area contributed by atoms with E-state index in [0.717, 1.165) is 71.2 Å². The van der Waals surface area contributed by atoms with E-state index < -0.39 is 0 Å². The Hall–Kier alpha value is -1.30. The summed E-state index contributed by atoms with van der Waals surface area (Å²) < 4.78 is 0. The average molecular weight is 322 g/mol. The molecular formula is C17H30N4O2. The highest BCUT2D eigenvalue weighted by Gasteiger charge is 2.31. The van der Waals surface area contributed by atoms with Gasteiger partial charge in [0.05, 0.1) is 0 Å². The maximum atomic E-state index is 12.5. The number of hydrogen-bond acceptors (Lipinski definition) is 3. The van der Waals surface area contributed by atoms with Crippen LogP contribution < -0.4 is 10.6 Å². The second kappa shape index (κ2) is 7.51. The van der Waals surface area contributed by atoms with Crippen molar-refractivity contribution in [2.75, 3.05) is 32.7 Å². The maximum absolute atomic E-state index is 12.5. The van der Waals surface area contributed by atoms with E-state index in [-0.39, 0.29) is 17.9 Å². The smallest absolute Gasteiger partial charge is 0.319 e. The summed E-state index contributed by atoms with van der Waals surface area (Å²) in [6, 6.07) is 0.963. The molecule has 0 radical (unpaired) electrons. The lowest BCUT2D eigenvalue weighted by Crippen LogP contribution is -2.51. The van der Waals surface area contributed by atoms with E-state index in [9.17, 15) is 9.59 Å². The van der Waals surface area contributed by atoms with Gasteiger partial charge in [-0.2, -0.15) is 0 Å². The Kier molecular flexibility index (Phi) is 5.41. The number of piperidine rings is 2. The fraction of sp³-hybridized carbons (Fsp3) is 0.882. The van der Waals surface area contributed by atoms with Crippen molar-refractivity contribution in [3.63, 3.8) is 0 Å². The third-order valence-electron chi connectivity index (χ3n) is 5.48. The second-order valence-corrected chi connectivity index (χ2v) is 7.32. The molecule has 3 aliphatic rings. The van der Waals surface area contributed by atoms with Crippen LogP contribution in [0.25, 0.3) is 0 Å². The number of nitrogens with one attached hydrogen (secondary N) is 2. The summed E-state index contributed by atoms with van der Waals surface area (Å²) in [7, 11) is 0. The molecular weight excluding hydrogens is 292 g/mol. The van der Waals surface area contributed by atoms with Gasteiger partial charge in [-0.25, -0.2) is 4.79 Å².